The van der Waals surface area contributed by atoms with Gasteiger partial charge in [-0.3, -0.25) is 0 Å². The molecule has 0 radical (unpaired) electrons. The number of hydrogen-bond donors (Lipinski definition) is 1. The lowest BCUT2D eigenvalue weighted by Crippen LogP contribution is -2.14. The predicted octanol–water partition coefficient (Wildman–Crippen LogP) is 2.72. The minimum Gasteiger partial charge on any atom is -0.454 e. The van der Waals surface area contributed by atoms with E-state index in [1.54, 1.807) is 0 Å². The van der Waals surface area contributed by atoms with Crippen LogP contribution in [0.5, 0.6) is 11.5 Å². The molecule has 1 atom stereocenters. The Bertz CT molecular complexity index is 623. The number of nitrogens with zero attached hydrogens (tertiary/aromatic N) is 1. The highest BCUT2D eigenvalue weighted by Gasteiger charge is 2.15. The van der Waals surface area contributed by atoms with Crippen LogP contribution in [0.4, 0.5) is 5.69 Å². The lowest BCUT2D eigenvalue weighted by atomic mass is 9.99. The zero-order valence-electron chi connectivity index (χ0n) is 12.4. The Morgan fingerprint density at radius 2 is 1.76 bits per heavy atom. The molecule has 2 N–H and O–H groups in total. The normalized spacial score (nSPS) is 14.0. The molecule has 0 amide bonds. The van der Waals surface area contributed by atoms with E-state index in [1.165, 1.54) is 5.69 Å². The second kappa shape index (κ2) is 5.66. The Kier molecular flexibility index (Phi) is 3.71. The molecule has 0 aromatic heterocycles. The van der Waals surface area contributed by atoms with Gasteiger partial charge < -0.3 is 20.1 Å². The van der Waals surface area contributed by atoms with Crippen molar-refractivity contribution in [3.63, 3.8) is 0 Å². The third kappa shape index (κ3) is 2.95. The average Bonchev–Trinajstić information content (AvgIpc) is 2.95. The molecule has 1 aliphatic heterocycles. The van der Waals surface area contributed by atoms with Crippen LogP contribution in [0.25, 0.3) is 0 Å². The SMILES string of the molecule is CN(C)c1ccc(C(N)Cc2ccc3c(c2)OCO3)cc1. The van der Waals surface area contributed by atoms with Crippen LogP contribution >= 0.6 is 0 Å². The van der Waals surface area contributed by atoms with Crippen molar-refractivity contribution in [2.24, 2.45) is 5.73 Å². The molecule has 0 saturated carbocycles. The second-order valence-corrected chi connectivity index (χ2v) is 5.48. The molecule has 0 saturated heterocycles. The predicted molar refractivity (Wildman–Crippen MR) is 84.0 cm³/mol. The van der Waals surface area contributed by atoms with E-state index in [-0.39, 0.29) is 6.04 Å². The number of rotatable bonds is 4. The topological polar surface area (TPSA) is 47.7 Å². The van der Waals surface area contributed by atoms with Crippen molar-refractivity contribution in [1.82, 2.24) is 0 Å². The first kappa shape index (κ1) is 13.8. The lowest BCUT2D eigenvalue weighted by Gasteiger charge is -2.16. The van der Waals surface area contributed by atoms with Crippen molar-refractivity contribution in [3.05, 3.63) is 53.6 Å². The summed E-state index contributed by atoms with van der Waals surface area (Å²) in [6, 6.07) is 14.3. The van der Waals surface area contributed by atoms with Crippen molar-refractivity contribution in [2.75, 3.05) is 25.8 Å². The minimum absolute atomic E-state index is 0.0263. The molecule has 1 heterocycles. The van der Waals surface area contributed by atoms with Crippen molar-refractivity contribution in [3.8, 4) is 11.5 Å². The number of anilines is 1. The quantitative estimate of drug-likeness (QED) is 0.938. The van der Waals surface area contributed by atoms with E-state index < -0.39 is 0 Å². The van der Waals surface area contributed by atoms with Crippen molar-refractivity contribution in [1.29, 1.82) is 0 Å². The molecule has 3 rings (SSSR count). The largest absolute Gasteiger partial charge is 0.454 e. The van der Waals surface area contributed by atoms with Gasteiger partial charge in [-0.1, -0.05) is 18.2 Å². The minimum atomic E-state index is -0.0263. The molecule has 0 spiro atoms. The van der Waals surface area contributed by atoms with E-state index in [9.17, 15) is 0 Å². The molecule has 21 heavy (non-hydrogen) atoms. The monoisotopic (exact) mass is 284 g/mol. The average molecular weight is 284 g/mol. The summed E-state index contributed by atoms with van der Waals surface area (Å²) in [6.45, 7) is 0.302. The van der Waals surface area contributed by atoms with Gasteiger partial charge in [0.1, 0.15) is 0 Å². The van der Waals surface area contributed by atoms with Gasteiger partial charge in [0.2, 0.25) is 6.79 Å². The molecule has 1 unspecified atom stereocenters. The first-order valence-electron chi connectivity index (χ1n) is 7.05. The van der Waals surface area contributed by atoms with Gasteiger partial charge >= 0.3 is 0 Å². The molecule has 4 heteroatoms. The van der Waals surface area contributed by atoms with Gasteiger partial charge in [0.15, 0.2) is 11.5 Å². The highest BCUT2D eigenvalue weighted by atomic mass is 16.7. The van der Waals surface area contributed by atoms with Crippen LogP contribution in [0.1, 0.15) is 17.2 Å². The molecule has 110 valence electrons. The number of nitrogens with two attached hydrogens (primary N) is 1. The second-order valence-electron chi connectivity index (χ2n) is 5.48. The zero-order chi connectivity index (χ0) is 14.8. The van der Waals surface area contributed by atoms with Crippen molar-refractivity contribution >= 4 is 5.69 Å². The van der Waals surface area contributed by atoms with Gasteiger partial charge in [-0.25, -0.2) is 0 Å². The van der Waals surface area contributed by atoms with Crippen LogP contribution in [-0.2, 0) is 6.42 Å². The van der Waals surface area contributed by atoms with E-state index in [0.29, 0.717) is 6.79 Å². The van der Waals surface area contributed by atoms with E-state index in [0.717, 1.165) is 29.0 Å². The summed E-state index contributed by atoms with van der Waals surface area (Å²) in [6.07, 6.45) is 0.776. The third-order valence-electron chi connectivity index (χ3n) is 3.73. The van der Waals surface area contributed by atoms with Crippen LogP contribution in [-0.4, -0.2) is 20.9 Å². The van der Waals surface area contributed by atoms with Gasteiger partial charge in [-0.05, 0) is 41.8 Å². The number of benzene rings is 2. The summed E-state index contributed by atoms with van der Waals surface area (Å²) in [5.41, 5.74) is 9.78. The molecule has 2 aromatic rings. The Morgan fingerprint density at radius 1 is 1.05 bits per heavy atom. The third-order valence-corrected chi connectivity index (χ3v) is 3.73. The molecule has 2 aromatic carbocycles. The lowest BCUT2D eigenvalue weighted by molar-refractivity contribution is 0.174. The van der Waals surface area contributed by atoms with Gasteiger partial charge in [0.05, 0.1) is 0 Å². The molecular weight excluding hydrogens is 264 g/mol. The van der Waals surface area contributed by atoms with Gasteiger partial charge in [-0.15, -0.1) is 0 Å². The van der Waals surface area contributed by atoms with E-state index >= 15 is 0 Å². The van der Waals surface area contributed by atoms with Gasteiger partial charge in [0.25, 0.3) is 0 Å². The highest BCUT2D eigenvalue weighted by Crippen LogP contribution is 2.33. The smallest absolute Gasteiger partial charge is 0.231 e. The van der Waals surface area contributed by atoms with E-state index in [1.807, 2.05) is 32.3 Å². The van der Waals surface area contributed by atoms with Crippen LogP contribution in [0.2, 0.25) is 0 Å². The molecular formula is C17H20N2O2. The molecule has 0 fully saturated rings. The first-order chi connectivity index (χ1) is 10.1. The summed E-state index contributed by atoms with van der Waals surface area (Å²) < 4.78 is 10.7. The maximum absolute atomic E-state index is 6.31. The summed E-state index contributed by atoms with van der Waals surface area (Å²) in [5.74, 6) is 1.62. The Labute approximate surface area is 125 Å². The summed E-state index contributed by atoms with van der Waals surface area (Å²) in [4.78, 5) is 2.08. The van der Waals surface area contributed by atoms with E-state index in [2.05, 4.69) is 29.2 Å². The van der Waals surface area contributed by atoms with Crippen LogP contribution in [0.3, 0.4) is 0 Å². The highest BCUT2D eigenvalue weighted by molar-refractivity contribution is 5.47. The fourth-order valence-electron chi connectivity index (χ4n) is 2.46. The Morgan fingerprint density at radius 3 is 2.48 bits per heavy atom. The molecule has 0 bridgehead atoms. The number of hydrogen-bond acceptors (Lipinski definition) is 4. The number of ether oxygens (including phenoxy) is 2. The fraction of sp³-hybridized carbons (Fsp3) is 0.294. The summed E-state index contributed by atoms with van der Waals surface area (Å²) in [5, 5.41) is 0. The van der Waals surface area contributed by atoms with Crippen molar-refractivity contribution in [2.45, 2.75) is 12.5 Å². The molecule has 4 nitrogen and oxygen atoms in total. The summed E-state index contributed by atoms with van der Waals surface area (Å²) in [7, 11) is 4.06. The summed E-state index contributed by atoms with van der Waals surface area (Å²) >= 11 is 0. The standard InChI is InChI=1S/C17H20N2O2/c1-19(2)14-6-4-13(5-7-14)15(18)9-12-3-8-16-17(10-12)21-11-20-16/h3-8,10,15H,9,11,18H2,1-2H3. The molecule has 1 aliphatic rings. The fourth-order valence-corrected chi connectivity index (χ4v) is 2.46. The van der Waals surface area contributed by atoms with Gasteiger partial charge in [-0.2, -0.15) is 0 Å². The van der Waals surface area contributed by atoms with Crippen molar-refractivity contribution < 1.29 is 9.47 Å². The Balaban J connectivity index is 1.72. The maximum atomic E-state index is 6.31. The first-order valence-corrected chi connectivity index (χ1v) is 7.05. The van der Waals surface area contributed by atoms with Gasteiger partial charge in [0, 0.05) is 25.8 Å². The molecule has 0 aliphatic carbocycles. The Hall–Kier alpha value is -2.20. The van der Waals surface area contributed by atoms with Crippen LogP contribution < -0.4 is 20.1 Å². The van der Waals surface area contributed by atoms with Crippen LogP contribution in [0, 0.1) is 0 Å². The zero-order valence-corrected chi connectivity index (χ0v) is 12.4. The van der Waals surface area contributed by atoms with E-state index in [4.69, 9.17) is 15.2 Å². The maximum Gasteiger partial charge on any atom is 0.231 e. The number of fused-ring (bicyclic) bond motifs is 1. The van der Waals surface area contributed by atoms with Crippen LogP contribution in [0.15, 0.2) is 42.5 Å².